The van der Waals surface area contributed by atoms with E-state index in [1.807, 2.05) is 32.7 Å². The maximum Gasteiger partial charge on any atom is 0.317 e. The van der Waals surface area contributed by atoms with Crippen molar-refractivity contribution in [2.45, 2.75) is 72.1 Å². The van der Waals surface area contributed by atoms with Crippen molar-refractivity contribution >= 4 is 6.03 Å². The average molecular weight is 337 g/mol. The van der Waals surface area contributed by atoms with Gasteiger partial charge in [-0.25, -0.2) is 4.79 Å². The molecule has 0 radical (unpaired) electrons. The number of nitrogens with zero attached hydrogens (tertiary/aromatic N) is 2. The maximum atomic E-state index is 12.6. The topological polar surface area (TPSA) is 67.6 Å². The highest BCUT2D eigenvalue weighted by Crippen LogP contribution is 2.53. The zero-order valence-electron chi connectivity index (χ0n) is 16.2. The minimum Gasteiger partial charge on any atom is -0.378 e. The molecule has 3 atom stereocenters. The van der Waals surface area contributed by atoms with Crippen LogP contribution in [0.25, 0.3) is 0 Å². The van der Waals surface area contributed by atoms with Gasteiger partial charge >= 0.3 is 6.03 Å². The first-order valence-electron chi connectivity index (χ1n) is 8.53. The Morgan fingerprint density at radius 2 is 2.08 bits per heavy atom. The molecule has 2 amide bonds. The number of aryl methyl sites for hydroxylation is 2. The lowest BCUT2D eigenvalue weighted by Gasteiger charge is -2.61. The van der Waals surface area contributed by atoms with Gasteiger partial charge in [0.25, 0.3) is 0 Å². The SMILES string of the molecule is CO[C@]1(C)C[C@H](N(C)C(=O)N[C@H](C)Cc2c(C)noc2C)C1(C)C. The Hall–Kier alpha value is -1.56. The van der Waals surface area contributed by atoms with Crippen molar-refractivity contribution in [1.82, 2.24) is 15.4 Å². The highest BCUT2D eigenvalue weighted by molar-refractivity contribution is 5.75. The lowest BCUT2D eigenvalue weighted by molar-refractivity contribution is -0.198. The smallest absolute Gasteiger partial charge is 0.317 e. The molecule has 1 aliphatic rings. The summed E-state index contributed by atoms with van der Waals surface area (Å²) in [6.45, 7) is 12.2. The fourth-order valence-electron chi connectivity index (χ4n) is 3.68. The van der Waals surface area contributed by atoms with Crippen molar-refractivity contribution in [3.63, 3.8) is 0 Å². The first kappa shape index (κ1) is 18.8. The fourth-order valence-corrected chi connectivity index (χ4v) is 3.68. The molecule has 1 saturated carbocycles. The summed E-state index contributed by atoms with van der Waals surface area (Å²) in [5.41, 5.74) is 1.69. The number of amides is 2. The summed E-state index contributed by atoms with van der Waals surface area (Å²) in [6, 6.07) is 0.118. The molecule has 0 spiro atoms. The summed E-state index contributed by atoms with van der Waals surface area (Å²) in [7, 11) is 3.60. The second-order valence-electron chi connectivity index (χ2n) is 7.84. The van der Waals surface area contributed by atoms with Crippen LogP contribution >= 0.6 is 0 Å². The second kappa shape index (κ2) is 6.39. The lowest BCUT2D eigenvalue weighted by atomic mass is 9.55. The maximum absolute atomic E-state index is 12.6. The van der Waals surface area contributed by atoms with Crippen molar-refractivity contribution in [3.05, 3.63) is 17.0 Å². The van der Waals surface area contributed by atoms with E-state index in [0.29, 0.717) is 6.42 Å². The van der Waals surface area contributed by atoms with Gasteiger partial charge in [-0.3, -0.25) is 0 Å². The van der Waals surface area contributed by atoms with E-state index in [1.54, 1.807) is 7.11 Å². The van der Waals surface area contributed by atoms with Crippen molar-refractivity contribution in [3.8, 4) is 0 Å². The summed E-state index contributed by atoms with van der Waals surface area (Å²) in [6.07, 6.45) is 1.56. The van der Waals surface area contributed by atoms with Crippen LogP contribution in [0.4, 0.5) is 4.79 Å². The Morgan fingerprint density at radius 1 is 1.46 bits per heavy atom. The van der Waals surface area contributed by atoms with Crippen molar-refractivity contribution in [1.29, 1.82) is 0 Å². The molecule has 1 N–H and O–H groups in total. The molecular weight excluding hydrogens is 306 g/mol. The molecule has 0 unspecified atom stereocenters. The number of hydrogen-bond donors (Lipinski definition) is 1. The summed E-state index contributed by atoms with van der Waals surface area (Å²) >= 11 is 0. The van der Waals surface area contributed by atoms with Gasteiger partial charge in [-0.05, 0) is 40.5 Å². The Morgan fingerprint density at radius 3 is 2.54 bits per heavy atom. The number of rotatable bonds is 5. The summed E-state index contributed by atoms with van der Waals surface area (Å²) in [5.74, 6) is 0.818. The van der Waals surface area contributed by atoms with Gasteiger partial charge in [0.1, 0.15) is 5.76 Å². The number of nitrogens with one attached hydrogen (secondary N) is 1. The van der Waals surface area contributed by atoms with Gasteiger partial charge in [0.15, 0.2) is 0 Å². The molecule has 6 nitrogen and oxygen atoms in total. The van der Waals surface area contributed by atoms with E-state index in [4.69, 9.17) is 9.26 Å². The highest BCUT2D eigenvalue weighted by atomic mass is 16.5. The summed E-state index contributed by atoms with van der Waals surface area (Å²) < 4.78 is 10.8. The van der Waals surface area contributed by atoms with Crippen molar-refractivity contribution in [2.24, 2.45) is 5.41 Å². The largest absolute Gasteiger partial charge is 0.378 e. The normalized spacial score (nSPS) is 26.6. The summed E-state index contributed by atoms with van der Waals surface area (Å²) in [5, 5.41) is 7.05. The van der Waals surface area contributed by atoms with E-state index in [2.05, 4.69) is 31.2 Å². The Labute approximate surface area is 144 Å². The number of carbonyl (C=O) groups is 1. The molecular formula is C18H31N3O3. The van der Waals surface area contributed by atoms with Gasteiger partial charge < -0.3 is 19.5 Å². The third-order valence-electron chi connectivity index (χ3n) is 6.08. The molecule has 0 aromatic carbocycles. The Bertz CT molecular complexity index is 591. The third-order valence-corrected chi connectivity index (χ3v) is 6.08. The molecule has 6 heteroatoms. The highest BCUT2D eigenvalue weighted by Gasteiger charge is 2.59. The standard InChI is InChI=1S/C18H31N3O3/c1-11(9-14-12(2)20-24-13(14)3)19-16(22)21(7)15-10-18(6,23-8)17(15,4)5/h11,15H,9-10H2,1-8H3,(H,19,22)/t11-,15+,18-/m1/s1. The lowest BCUT2D eigenvalue weighted by Crippen LogP contribution is -2.69. The van der Waals surface area contributed by atoms with Crippen LogP contribution in [-0.2, 0) is 11.2 Å². The van der Waals surface area contributed by atoms with Gasteiger partial charge in [0, 0.05) is 37.2 Å². The van der Waals surface area contributed by atoms with Gasteiger partial charge in [-0.1, -0.05) is 19.0 Å². The number of aromatic nitrogens is 1. The average Bonchev–Trinajstić information content (AvgIpc) is 2.83. The number of hydrogen-bond acceptors (Lipinski definition) is 4. The van der Waals surface area contributed by atoms with Crippen LogP contribution in [-0.4, -0.2) is 47.9 Å². The quantitative estimate of drug-likeness (QED) is 0.896. The molecule has 1 aromatic heterocycles. The number of carbonyl (C=O) groups excluding carboxylic acids is 1. The van der Waals surface area contributed by atoms with Crippen LogP contribution in [0.5, 0.6) is 0 Å². The fraction of sp³-hybridized carbons (Fsp3) is 0.778. The molecule has 1 heterocycles. The molecule has 0 saturated heterocycles. The van der Waals surface area contributed by atoms with Crippen LogP contribution in [0.1, 0.15) is 51.1 Å². The number of methoxy groups -OCH3 is 1. The monoisotopic (exact) mass is 337 g/mol. The molecule has 136 valence electrons. The molecule has 0 bridgehead atoms. The summed E-state index contributed by atoms with van der Waals surface area (Å²) in [4.78, 5) is 14.4. The van der Waals surface area contributed by atoms with Gasteiger partial charge in [0.2, 0.25) is 0 Å². The van der Waals surface area contributed by atoms with Crippen LogP contribution < -0.4 is 5.32 Å². The zero-order chi connectivity index (χ0) is 18.3. The molecule has 0 aliphatic heterocycles. The van der Waals surface area contributed by atoms with E-state index in [0.717, 1.165) is 23.4 Å². The predicted octanol–water partition coefficient (Wildman–Crippen LogP) is 3.07. The first-order chi connectivity index (χ1) is 11.0. The first-order valence-corrected chi connectivity index (χ1v) is 8.53. The van der Waals surface area contributed by atoms with Crippen LogP contribution in [0.2, 0.25) is 0 Å². The van der Waals surface area contributed by atoms with Crippen LogP contribution in [0.15, 0.2) is 4.52 Å². The minimum atomic E-state index is -0.186. The van der Waals surface area contributed by atoms with Gasteiger partial charge in [0.05, 0.1) is 11.3 Å². The van der Waals surface area contributed by atoms with E-state index in [9.17, 15) is 4.79 Å². The Balaban J connectivity index is 1.95. The van der Waals surface area contributed by atoms with E-state index in [1.165, 1.54) is 0 Å². The molecule has 1 aromatic rings. The number of urea groups is 1. The minimum absolute atomic E-state index is 0.00810. The molecule has 1 fully saturated rings. The van der Waals surface area contributed by atoms with Crippen LogP contribution in [0, 0.1) is 19.3 Å². The van der Waals surface area contributed by atoms with Crippen molar-refractivity contribution < 1.29 is 14.1 Å². The van der Waals surface area contributed by atoms with E-state index < -0.39 is 0 Å². The number of ether oxygens (including phenoxy) is 1. The molecule has 1 aliphatic carbocycles. The van der Waals surface area contributed by atoms with Crippen molar-refractivity contribution in [2.75, 3.05) is 14.2 Å². The second-order valence-corrected chi connectivity index (χ2v) is 7.84. The third kappa shape index (κ3) is 3.04. The van der Waals surface area contributed by atoms with E-state index in [-0.39, 0.29) is 29.1 Å². The Kier molecular flexibility index (Phi) is 5.00. The predicted molar refractivity (Wildman–Crippen MR) is 93.0 cm³/mol. The van der Waals surface area contributed by atoms with E-state index >= 15 is 0 Å². The van der Waals surface area contributed by atoms with Gasteiger partial charge in [-0.15, -0.1) is 0 Å². The van der Waals surface area contributed by atoms with Crippen LogP contribution in [0.3, 0.4) is 0 Å². The molecule has 2 rings (SSSR count). The molecule has 24 heavy (non-hydrogen) atoms. The zero-order valence-corrected chi connectivity index (χ0v) is 16.2. The van der Waals surface area contributed by atoms with Gasteiger partial charge in [-0.2, -0.15) is 0 Å².